The Morgan fingerprint density at radius 1 is 1.44 bits per heavy atom. The van der Waals surface area contributed by atoms with E-state index >= 15 is 0 Å². The molecule has 0 bridgehead atoms. The number of aromatic nitrogens is 2. The Balaban J connectivity index is 1.76. The minimum atomic E-state index is 0.720. The van der Waals surface area contributed by atoms with E-state index in [1.807, 2.05) is 19.3 Å². The van der Waals surface area contributed by atoms with E-state index in [0.29, 0.717) is 0 Å². The average molecular weight is 220 g/mol. The van der Waals surface area contributed by atoms with Crippen LogP contribution in [-0.4, -0.2) is 23.6 Å². The van der Waals surface area contributed by atoms with Crippen LogP contribution < -0.4 is 10.6 Å². The molecule has 1 saturated carbocycles. The number of anilines is 1. The maximum Gasteiger partial charge on any atom is 0.144 e. The van der Waals surface area contributed by atoms with Crippen molar-refractivity contribution >= 4 is 5.82 Å². The first-order chi connectivity index (χ1) is 7.88. The Bertz CT molecular complexity index is 323. The molecule has 0 unspecified atom stereocenters. The van der Waals surface area contributed by atoms with Gasteiger partial charge < -0.3 is 10.6 Å². The van der Waals surface area contributed by atoms with Gasteiger partial charge in [0.1, 0.15) is 11.6 Å². The van der Waals surface area contributed by atoms with Crippen molar-refractivity contribution in [1.82, 2.24) is 15.3 Å². The summed E-state index contributed by atoms with van der Waals surface area (Å²) in [4.78, 5) is 8.60. The van der Waals surface area contributed by atoms with Crippen LogP contribution >= 0.6 is 0 Å². The molecule has 0 aliphatic heterocycles. The summed E-state index contributed by atoms with van der Waals surface area (Å²) in [7, 11) is 1.90. The van der Waals surface area contributed by atoms with E-state index in [9.17, 15) is 0 Å². The van der Waals surface area contributed by atoms with Crippen LogP contribution in [0, 0.1) is 5.92 Å². The maximum atomic E-state index is 4.42. The first-order valence-corrected chi connectivity index (χ1v) is 6.09. The maximum absolute atomic E-state index is 4.42. The zero-order valence-corrected chi connectivity index (χ0v) is 9.87. The van der Waals surface area contributed by atoms with Crippen LogP contribution in [0.4, 0.5) is 5.82 Å². The molecular weight excluding hydrogens is 200 g/mol. The Labute approximate surface area is 96.9 Å². The molecule has 1 aromatic rings. The van der Waals surface area contributed by atoms with Crippen molar-refractivity contribution in [2.75, 3.05) is 18.9 Å². The van der Waals surface area contributed by atoms with E-state index in [4.69, 9.17) is 0 Å². The number of hydrogen-bond donors (Lipinski definition) is 2. The average Bonchev–Trinajstić information content (AvgIpc) is 2.23. The van der Waals surface area contributed by atoms with Crippen molar-refractivity contribution in [3.8, 4) is 0 Å². The summed E-state index contributed by atoms with van der Waals surface area (Å²) >= 11 is 0. The van der Waals surface area contributed by atoms with Crippen LogP contribution in [0.3, 0.4) is 0 Å². The van der Waals surface area contributed by atoms with Crippen molar-refractivity contribution in [2.45, 2.75) is 32.2 Å². The lowest BCUT2D eigenvalue weighted by Gasteiger charge is -2.25. The number of rotatable bonds is 6. The van der Waals surface area contributed by atoms with Gasteiger partial charge in [-0.1, -0.05) is 19.3 Å². The number of nitrogens with one attached hydrogen (secondary N) is 2. The van der Waals surface area contributed by atoms with E-state index < -0.39 is 0 Å². The predicted molar refractivity (Wildman–Crippen MR) is 65.2 cm³/mol. The molecule has 16 heavy (non-hydrogen) atoms. The third-order valence-corrected chi connectivity index (χ3v) is 3.12. The minimum Gasteiger partial charge on any atom is -0.370 e. The molecule has 2 rings (SSSR count). The second-order valence-electron chi connectivity index (χ2n) is 4.40. The summed E-state index contributed by atoms with van der Waals surface area (Å²) in [5.74, 6) is 2.74. The molecule has 0 amide bonds. The fourth-order valence-electron chi connectivity index (χ4n) is 1.93. The smallest absolute Gasteiger partial charge is 0.144 e. The number of hydrogen-bond acceptors (Lipinski definition) is 4. The summed E-state index contributed by atoms with van der Waals surface area (Å²) in [5, 5.41) is 6.41. The quantitative estimate of drug-likeness (QED) is 0.767. The molecule has 0 spiro atoms. The standard InChI is InChI=1S/C12H20N4/c1-13-9-12-15-8-6-11(16-12)14-7-5-10-3-2-4-10/h6,8,10,13H,2-5,7,9H2,1H3,(H,14,15,16). The van der Waals surface area contributed by atoms with Gasteiger partial charge in [0.15, 0.2) is 0 Å². The van der Waals surface area contributed by atoms with E-state index in [1.165, 1.54) is 25.7 Å². The third kappa shape index (κ3) is 3.17. The van der Waals surface area contributed by atoms with Gasteiger partial charge in [-0.15, -0.1) is 0 Å². The SMILES string of the molecule is CNCc1nccc(NCCC2CCC2)n1. The van der Waals surface area contributed by atoms with Crippen molar-refractivity contribution < 1.29 is 0 Å². The van der Waals surface area contributed by atoms with E-state index in [-0.39, 0.29) is 0 Å². The Kier molecular flexibility index (Phi) is 4.10. The summed E-state index contributed by atoms with van der Waals surface area (Å²) in [5.41, 5.74) is 0. The molecule has 0 aromatic carbocycles. The molecule has 88 valence electrons. The van der Waals surface area contributed by atoms with E-state index in [1.54, 1.807) is 0 Å². The van der Waals surface area contributed by atoms with Gasteiger partial charge in [0.2, 0.25) is 0 Å². The summed E-state index contributed by atoms with van der Waals surface area (Å²) in [6.45, 7) is 1.75. The fraction of sp³-hybridized carbons (Fsp3) is 0.667. The highest BCUT2D eigenvalue weighted by molar-refractivity contribution is 5.32. The second-order valence-corrected chi connectivity index (χ2v) is 4.40. The predicted octanol–water partition coefficient (Wildman–Crippen LogP) is 1.80. The topological polar surface area (TPSA) is 49.8 Å². The molecule has 4 nitrogen and oxygen atoms in total. The molecule has 0 saturated heterocycles. The highest BCUT2D eigenvalue weighted by atomic mass is 15.0. The van der Waals surface area contributed by atoms with Crippen molar-refractivity contribution in [1.29, 1.82) is 0 Å². The molecule has 4 heteroatoms. The van der Waals surface area contributed by atoms with Gasteiger partial charge >= 0.3 is 0 Å². The zero-order valence-electron chi connectivity index (χ0n) is 9.87. The van der Waals surface area contributed by atoms with Crippen LogP contribution in [0.1, 0.15) is 31.5 Å². The summed E-state index contributed by atoms with van der Waals surface area (Å²) < 4.78 is 0. The van der Waals surface area contributed by atoms with Crippen LogP contribution in [0.2, 0.25) is 0 Å². The first kappa shape index (κ1) is 11.3. The highest BCUT2D eigenvalue weighted by Crippen LogP contribution is 2.28. The first-order valence-electron chi connectivity index (χ1n) is 6.09. The lowest BCUT2D eigenvalue weighted by atomic mass is 9.83. The van der Waals surface area contributed by atoms with Gasteiger partial charge in [0, 0.05) is 12.7 Å². The zero-order chi connectivity index (χ0) is 11.2. The van der Waals surface area contributed by atoms with Crippen LogP contribution in [0.25, 0.3) is 0 Å². The summed E-state index contributed by atoms with van der Waals surface area (Å²) in [6, 6.07) is 1.93. The lowest BCUT2D eigenvalue weighted by molar-refractivity contribution is 0.303. The van der Waals surface area contributed by atoms with Gasteiger partial charge in [0.25, 0.3) is 0 Å². The van der Waals surface area contributed by atoms with Gasteiger partial charge in [-0.05, 0) is 25.5 Å². The molecule has 0 radical (unpaired) electrons. The third-order valence-electron chi connectivity index (χ3n) is 3.12. The highest BCUT2D eigenvalue weighted by Gasteiger charge is 2.16. The fourth-order valence-corrected chi connectivity index (χ4v) is 1.93. The Morgan fingerprint density at radius 2 is 2.31 bits per heavy atom. The van der Waals surface area contributed by atoms with Gasteiger partial charge in [0.05, 0.1) is 6.54 Å². The molecule has 1 aliphatic rings. The number of nitrogens with zero attached hydrogens (tertiary/aromatic N) is 2. The van der Waals surface area contributed by atoms with E-state index in [0.717, 1.165) is 30.6 Å². The van der Waals surface area contributed by atoms with Crippen LogP contribution in [-0.2, 0) is 6.54 Å². The van der Waals surface area contributed by atoms with Gasteiger partial charge in [-0.25, -0.2) is 9.97 Å². The van der Waals surface area contributed by atoms with Crippen LogP contribution in [0.15, 0.2) is 12.3 Å². The minimum absolute atomic E-state index is 0.720. The van der Waals surface area contributed by atoms with Crippen molar-refractivity contribution in [2.24, 2.45) is 5.92 Å². The van der Waals surface area contributed by atoms with Crippen LogP contribution in [0.5, 0.6) is 0 Å². The molecular formula is C12H20N4. The molecule has 0 atom stereocenters. The molecule has 1 fully saturated rings. The van der Waals surface area contributed by atoms with Crippen molar-refractivity contribution in [3.05, 3.63) is 18.1 Å². The lowest BCUT2D eigenvalue weighted by Crippen LogP contribution is -2.16. The molecule has 1 heterocycles. The largest absolute Gasteiger partial charge is 0.370 e. The Morgan fingerprint density at radius 3 is 3.00 bits per heavy atom. The van der Waals surface area contributed by atoms with Gasteiger partial charge in [-0.2, -0.15) is 0 Å². The second kappa shape index (κ2) is 5.80. The summed E-state index contributed by atoms with van der Waals surface area (Å²) in [6.07, 6.45) is 7.33. The molecule has 1 aliphatic carbocycles. The Hall–Kier alpha value is -1.16. The van der Waals surface area contributed by atoms with Gasteiger partial charge in [-0.3, -0.25) is 0 Å². The monoisotopic (exact) mass is 220 g/mol. The molecule has 2 N–H and O–H groups in total. The van der Waals surface area contributed by atoms with E-state index in [2.05, 4.69) is 20.6 Å². The normalized spacial score (nSPS) is 15.8. The molecule has 1 aromatic heterocycles. The van der Waals surface area contributed by atoms with Crippen molar-refractivity contribution in [3.63, 3.8) is 0 Å².